The molecule has 0 bridgehead atoms. The predicted octanol–water partition coefficient (Wildman–Crippen LogP) is 1.60. The molecular formula is C5H3Cl2N3. The van der Waals surface area contributed by atoms with Crippen molar-refractivity contribution in [2.24, 2.45) is 7.05 Å². The molecule has 0 N–H and O–H groups in total. The summed E-state index contributed by atoms with van der Waals surface area (Å²) < 4.78 is 1.35. The lowest BCUT2D eigenvalue weighted by Crippen LogP contribution is -1.89. The van der Waals surface area contributed by atoms with Crippen molar-refractivity contribution in [3.05, 3.63) is 15.9 Å². The summed E-state index contributed by atoms with van der Waals surface area (Å²) in [6.45, 7) is 0. The Kier molecular flexibility index (Phi) is 1.84. The van der Waals surface area contributed by atoms with Crippen LogP contribution >= 0.6 is 23.2 Å². The third-order valence-corrected chi connectivity index (χ3v) is 1.92. The molecule has 1 aromatic rings. The fourth-order valence-corrected chi connectivity index (χ4v) is 0.879. The van der Waals surface area contributed by atoms with E-state index in [9.17, 15) is 0 Å². The first-order chi connectivity index (χ1) is 4.66. The summed E-state index contributed by atoms with van der Waals surface area (Å²) in [4.78, 5) is 0. The third-order valence-electron chi connectivity index (χ3n) is 1.03. The van der Waals surface area contributed by atoms with Gasteiger partial charge in [-0.15, -0.1) is 0 Å². The second-order valence-electron chi connectivity index (χ2n) is 1.69. The molecule has 1 heterocycles. The summed E-state index contributed by atoms with van der Waals surface area (Å²) in [6.07, 6.45) is 0. The van der Waals surface area contributed by atoms with Gasteiger partial charge in [-0.3, -0.25) is 4.68 Å². The van der Waals surface area contributed by atoms with Gasteiger partial charge in [-0.1, -0.05) is 23.2 Å². The van der Waals surface area contributed by atoms with Crippen molar-refractivity contribution in [2.45, 2.75) is 0 Å². The predicted molar refractivity (Wildman–Crippen MR) is 37.9 cm³/mol. The second kappa shape index (κ2) is 2.49. The lowest BCUT2D eigenvalue weighted by molar-refractivity contribution is 0.764. The molecule has 0 spiro atoms. The van der Waals surface area contributed by atoms with E-state index in [0.29, 0.717) is 5.15 Å². The highest BCUT2D eigenvalue weighted by Gasteiger charge is 2.10. The molecule has 0 aliphatic rings. The molecule has 0 aromatic carbocycles. The highest BCUT2D eigenvalue weighted by molar-refractivity contribution is 6.42. The molecule has 1 aromatic heterocycles. The van der Waals surface area contributed by atoms with Crippen molar-refractivity contribution < 1.29 is 0 Å². The van der Waals surface area contributed by atoms with E-state index < -0.39 is 0 Å². The first-order valence-electron chi connectivity index (χ1n) is 2.45. The van der Waals surface area contributed by atoms with Crippen molar-refractivity contribution in [3.63, 3.8) is 0 Å². The standard InChI is InChI=1S/C5H3Cl2N3/c1-10-5(7)4(6)3(2-8)9-10/h1H3. The molecule has 0 atom stereocenters. The van der Waals surface area contributed by atoms with Gasteiger partial charge in [-0.2, -0.15) is 10.4 Å². The van der Waals surface area contributed by atoms with Crippen molar-refractivity contribution in [3.8, 4) is 6.07 Å². The number of aryl methyl sites for hydroxylation is 1. The molecule has 0 radical (unpaired) electrons. The SMILES string of the molecule is Cn1nc(C#N)c(Cl)c1Cl. The van der Waals surface area contributed by atoms with Crippen LogP contribution in [0.3, 0.4) is 0 Å². The average molecular weight is 176 g/mol. The molecule has 10 heavy (non-hydrogen) atoms. The largest absolute Gasteiger partial charge is 0.254 e. The van der Waals surface area contributed by atoms with Gasteiger partial charge in [0.1, 0.15) is 16.2 Å². The van der Waals surface area contributed by atoms with E-state index >= 15 is 0 Å². The van der Waals surface area contributed by atoms with Gasteiger partial charge in [-0.25, -0.2) is 0 Å². The first-order valence-corrected chi connectivity index (χ1v) is 3.20. The number of nitriles is 1. The Balaban J connectivity index is 3.34. The number of aromatic nitrogens is 2. The highest BCUT2D eigenvalue weighted by Crippen LogP contribution is 2.23. The molecule has 0 unspecified atom stereocenters. The summed E-state index contributed by atoms with van der Waals surface area (Å²) in [5.74, 6) is 0. The van der Waals surface area contributed by atoms with Gasteiger partial charge in [0, 0.05) is 7.05 Å². The Labute approximate surface area is 67.8 Å². The van der Waals surface area contributed by atoms with Crippen molar-refractivity contribution in [2.75, 3.05) is 0 Å². The molecular weight excluding hydrogens is 173 g/mol. The number of hydrogen-bond donors (Lipinski definition) is 0. The van der Waals surface area contributed by atoms with Gasteiger partial charge in [0.05, 0.1) is 0 Å². The van der Waals surface area contributed by atoms with E-state index in [1.165, 1.54) is 4.68 Å². The minimum atomic E-state index is 0.161. The normalized spacial score (nSPS) is 9.40. The van der Waals surface area contributed by atoms with Crippen LogP contribution in [0, 0.1) is 11.3 Å². The molecule has 52 valence electrons. The zero-order valence-electron chi connectivity index (χ0n) is 5.10. The van der Waals surface area contributed by atoms with E-state index in [2.05, 4.69) is 5.10 Å². The molecule has 0 saturated carbocycles. The minimum absolute atomic E-state index is 0.161. The van der Waals surface area contributed by atoms with Crippen LogP contribution in [0.25, 0.3) is 0 Å². The van der Waals surface area contributed by atoms with Crippen LogP contribution in [0.4, 0.5) is 0 Å². The molecule has 5 heteroatoms. The maximum Gasteiger partial charge on any atom is 0.182 e. The summed E-state index contributed by atoms with van der Waals surface area (Å²) in [6, 6.07) is 1.81. The van der Waals surface area contributed by atoms with E-state index in [0.717, 1.165) is 0 Å². The van der Waals surface area contributed by atoms with E-state index in [4.69, 9.17) is 28.5 Å². The maximum absolute atomic E-state index is 8.39. The monoisotopic (exact) mass is 175 g/mol. The Morgan fingerprint density at radius 1 is 1.60 bits per heavy atom. The molecule has 3 nitrogen and oxygen atoms in total. The summed E-state index contributed by atoms with van der Waals surface area (Å²) >= 11 is 11.2. The summed E-state index contributed by atoms with van der Waals surface area (Å²) in [5.41, 5.74) is 0.161. The molecule has 0 saturated heterocycles. The zero-order valence-corrected chi connectivity index (χ0v) is 6.61. The Morgan fingerprint density at radius 3 is 2.40 bits per heavy atom. The van der Waals surface area contributed by atoms with Crippen molar-refractivity contribution in [1.29, 1.82) is 5.26 Å². The van der Waals surface area contributed by atoms with Crippen LogP contribution in [-0.2, 0) is 7.05 Å². The van der Waals surface area contributed by atoms with E-state index in [1.807, 2.05) is 6.07 Å². The molecule has 0 fully saturated rings. The number of hydrogen-bond acceptors (Lipinski definition) is 2. The second-order valence-corrected chi connectivity index (χ2v) is 2.42. The fourth-order valence-electron chi connectivity index (χ4n) is 0.549. The van der Waals surface area contributed by atoms with Gasteiger partial charge < -0.3 is 0 Å². The van der Waals surface area contributed by atoms with Gasteiger partial charge in [0.25, 0.3) is 0 Å². The zero-order chi connectivity index (χ0) is 7.72. The quantitative estimate of drug-likeness (QED) is 0.602. The van der Waals surface area contributed by atoms with Crippen molar-refractivity contribution >= 4 is 23.2 Å². The van der Waals surface area contributed by atoms with Gasteiger partial charge in [0.15, 0.2) is 5.69 Å². The number of nitrogens with zero attached hydrogens (tertiary/aromatic N) is 3. The minimum Gasteiger partial charge on any atom is -0.254 e. The van der Waals surface area contributed by atoms with Crippen LogP contribution in [0.1, 0.15) is 5.69 Å². The smallest absolute Gasteiger partial charge is 0.182 e. The lowest BCUT2D eigenvalue weighted by atomic mass is 10.5. The molecule has 0 amide bonds. The van der Waals surface area contributed by atoms with E-state index in [1.54, 1.807) is 7.05 Å². The van der Waals surface area contributed by atoms with Crippen LogP contribution in [0.5, 0.6) is 0 Å². The van der Waals surface area contributed by atoms with Crippen LogP contribution in [-0.4, -0.2) is 9.78 Å². The lowest BCUT2D eigenvalue weighted by Gasteiger charge is -1.86. The highest BCUT2D eigenvalue weighted by atomic mass is 35.5. The van der Waals surface area contributed by atoms with Gasteiger partial charge in [-0.05, 0) is 0 Å². The molecule has 0 aliphatic carbocycles. The van der Waals surface area contributed by atoms with Crippen molar-refractivity contribution in [1.82, 2.24) is 9.78 Å². The van der Waals surface area contributed by atoms with Crippen LogP contribution in [0.15, 0.2) is 0 Å². The Hall–Kier alpha value is -0.720. The number of rotatable bonds is 0. The average Bonchev–Trinajstić information content (AvgIpc) is 2.17. The van der Waals surface area contributed by atoms with Gasteiger partial charge >= 0.3 is 0 Å². The Bertz CT molecular complexity index is 297. The van der Waals surface area contributed by atoms with Crippen LogP contribution in [0.2, 0.25) is 10.2 Å². The summed E-state index contributed by atoms with van der Waals surface area (Å²) in [7, 11) is 1.62. The third kappa shape index (κ3) is 0.962. The number of halogens is 2. The van der Waals surface area contributed by atoms with Crippen LogP contribution < -0.4 is 0 Å². The topological polar surface area (TPSA) is 41.6 Å². The fraction of sp³-hybridized carbons (Fsp3) is 0.200. The maximum atomic E-state index is 8.39. The Morgan fingerprint density at radius 2 is 2.20 bits per heavy atom. The molecule has 1 rings (SSSR count). The van der Waals surface area contributed by atoms with E-state index in [-0.39, 0.29) is 10.7 Å². The molecule has 0 aliphatic heterocycles. The van der Waals surface area contributed by atoms with Gasteiger partial charge in [0.2, 0.25) is 0 Å². The first kappa shape index (κ1) is 7.39. The summed E-state index contributed by atoms with van der Waals surface area (Å²) in [5, 5.41) is 12.6.